The molecule has 0 radical (unpaired) electrons. The third kappa shape index (κ3) is 1.34. The molecule has 1 atom stereocenters. The van der Waals surface area contributed by atoms with Crippen LogP contribution in [0.3, 0.4) is 0 Å². The van der Waals surface area contributed by atoms with Crippen molar-refractivity contribution >= 4 is 17.7 Å². The Kier molecular flexibility index (Phi) is 1.95. The maximum Gasteiger partial charge on any atom is 0.308 e. The van der Waals surface area contributed by atoms with E-state index in [0.29, 0.717) is 5.82 Å². The molecule has 1 fully saturated rings. The topological polar surface area (TPSA) is 86.3 Å². The van der Waals surface area contributed by atoms with Crippen LogP contribution in [0.25, 0.3) is 0 Å². The summed E-state index contributed by atoms with van der Waals surface area (Å²) in [4.78, 5) is 23.5. The lowest BCUT2D eigenvalue weighted by atomic mass is 10.1. The van der Waals surface area contributed by atoms with Crippen LogP contribution in [-0.4, -0.2) is 33.7 Å². The molecular formula is C8H9N3O3. The molecular weight excluding hydrogens is 186 g/mol. The van der Waals surface area contributed by atoms with E-state index in [2.05, 4.69) is 10.2 Å². The fraction of sp³-hybridized carbons (Fsp3) is 0.375. The molecule has 74 valence electrons. The van der Waals surface area contributed by atoms with Gasteiger partial charge in [-0.05, 0) is 0 Å². The molecule has 1 saturated heterocycles. The number of nitrogens with one attached hydrogen (secondary N) is 1. The van der Waals surface area contributed by atoms with Crippen LogP contribution in [0.1, 0.15) is 6.42 Å². The lowest BCUT2D eigenvalue weighted by Gasteiger charge is -2.12. The number of aliphatic carboxylic acids is 1. The number of carbonyl (C=O) groups excluding carboxylic acids is 1. The molecule has 1 amide bonds. The largest absolute Gasteiger partial charge is 0.481 e. The van der Waals surface area contributed by atoms with Crippen molar-refractivity contribution in [1.29, 1.82) is 0 Å². The van der Waals surface area contributed by atoms with Crippen LogP contribution in [0.4, 0.5) is 5.82 Å². The Bertz CT molecular complexity index is 360. The third-order valence-corrected chi connectivity index (χ3v) is 2.25. The van der Waals surface area contributed by atoms with Gasteiger partial charge in [0.15, 0.2) is 0 Å². The van der Waals surface area contributed by atoms with Gasteiger partial charge in [-0.2, -0.15) is 5.10 Å². The monoisotopic (exact) mass is 195 g/mol. The Morgan fingerprint density at radius 1 is 1.71 bits per heavy atom. The van der Waals surface area contributed by atoms with Crippen molar-refractivity contribution in [3.63, 3.8) is 0 Å². The van der Waals surface area contributed by atoms with Gasteiger partial charge in [-0.1, -0.05) is 0 Å². The Balaban J connectivity index is 2.16. The number of carboxylic acids is 1. The number of nitrogens with zero attached hydrogens (tertiary/aromatic N) is 2. The van der Waals surface area contributed by atoms with E-state index in [-0.39, 0.29) is 18.9 Å². The van der Waals surface area contributed by atoms with Crippen LogP contribution >= 0.6 is 0 Å². The average Bonchev–Trinajstić information content (AvgIpc) is 2.71. The minimum atomic E-state index is -0.930. The van der Waals surface area contributed by atoms with Gasteiger partial charge >= 0.3 is 5.97 Å². The first-order valence-electron chi connectivity index (χ1n) is 4.21. The zero-order chi connectivity index (χ0) is 10.1. The van der Waals surface area contributed by atoms with Crippen LogP contribution in [0.5, 0.6) is 0 Å². The summed E-state index contributed by atoms with van der Waals surface area (Å²) in [7, 11) is 0. The van der Waals surface area contributed by atoms with Gasteiger partial charge < -0.3 is 5.11 Å². The van der Waals surface area contributed by atoms with Crippen molar-refractivity contribution in [2.75, 3.05) is 11.4 Å². The molecule has 14 heavy (non-hydrogen) atoms. The van der Waals surface area contributed by atoms with Crippen LogP contribution in [0, 0.1) is 5.92 Å². The molecule has 2 heterocycles. The summed E-state index contributed by atoms with van der Waals surface area (Å²) in [5.74, 6) is -1.16. The zero-order valence-electron chi connectivity index (χ0n) is 7.30. The fourth-order valence-corrected chi connectivity index (χ4v) is 1.50. The maximum atomic E-state index is 11.4. The molecule has 0 unspecified atom stereocenters. The lowest BCUT2D eigenvalue weighted by molar-refractivity contribution is -0.141. The minimum absolute atomic E-state index is 0.0638. The number of anilines is 1. The maximum absolute atomic E-state index is 11.4. The van der Waals surface area contributed by atoms with Crippen molar-refractivity contribution in [3.05, 3.63) is 12.3 Å². The summed E-state index contributed by atoms with van der Waals surface area (Å²) in [6.07, 6.45) is 1.59. The first-order chi connectivity index (χ1) is 6.68. The number of carboxylic acid groups (broad SMARTS) is 1. The van der Waals surface area contributed by atoms with E-state index in [1.54, 1.807) is 6.07 Å². The van der Waals surface area contributed by atoms with E-state index < -0.39 is 11.9 Å². The summed E-state index contributed by atoms with van der Waals surface area (Å²) >= 11 is 0. The number of carbonyl (C=O) groups is 2. The second-order valence-corrected chi connectivity index (χ2v) is 3.19. The summed E-state index contributed by atoms with van der Waals surface area (Å²) in [6.45, 7) is 0.219. The molecule has 2 N–H and O–H groups in total. The Morgan fingerprint density at radius 3 is 3.00 bits per heavy atom. The molecule has 6 heteroatoms. The van der Waals surface area contributed by atoms with Crippen LogP contribution in [0.15, 0.2) is 12.3 Å². The van der Waals surface area contributed by atoms with Gasteiger partial charge in [0.1, 0.15) is 5.82 Å². The highest BCUT2D eigenvalue weighted by Crippen LogP contribution is 2.22. The summed E-state index contributed by atoms with van der Waals surface area (Å²) in [5.41, 5.74) is 0. The summed E-state index contributed by atoms with van der Waals surface area (Å²) in [5, 5.41) is 15.1. The Labute approximate surface area is 79.5 Å². The molecule has 2 rings (SSSR count). The van der Waals surface area contributed by atoms with Gasteiger partial charge in [-0.25, -0.2) is 0 Å². The van der Waals surface area contributed by atoms with Crippen LogP contribution in [0.2, 0.25) is 0 Å². The molecule has 1 aromatic heterocycles. The molecule has 1 aromatic rings. The van der Waals surface area contributed by atoms with Crippen molar-refractivity contribution in [2.24, 2.45) is 5.92 Å². The third-order valence-electron chi connectivity index (χ3n) is 2.25. The van der Waals surface area contributed by atoms with Gasteiger partial charge in [0.25, 0.3) is 0 Å². The Hall–Kier alpha value is -1.85. The van der Waals surface area contributed by atoms with Crippen LogP contribution < -0.4 is 4.90 Å². The summed E-state index contributed by atoms with van der Waals surface area (Å²) in [6, 6.07) is 1.64. The van der Waals surface area contributed by atoms with Crippen molar-refractivity contribution in [3.8, 4) is 0 Å². The SMILES string of the molecule is O=C(O)[C@H]1CC(=O)N(c2ccn[nH]2)C1. The molecule has 0 saturated carbocycles. The van der Waals surface area contributed by atoms with E-state index in [4.69, 9.17) is 5.11 Å². The standard InChI is InChI=1S/C8H9N3O3/c12-7-3-5(8(13)14)4-11(7)6-1-2-9-10-6/h1-2,5H,3-4H2,(H,9,10)(H,13,14)/t5-/m0/s1. The smallest absolute Gasteiger partial charge is 0.308 e. The number of aromatic nitrogens is 2. The first-order valence-corrected chi connectivity index (χ1v) is 4.21. The number of amides is 1. The molecule has 0 spiro atoms. The van der Waals surface area contributed by atoms with E-state index in [1.807, 2.05) is 0 Å². The number of hydrogen-bond donors (Lipinski definition) is 2. The predicted octanol–water partition coefficient (Wildman–Crippen LogP) is -0.153. The van der Waals surface area contributed by atoms with Gasteiger partial charge in [-0.15, -0.1) is 0 Å². The number of rotatable bonds is 2. The van der Waals surface area contributed by atoms with Crippen molar-refractivity contribution in [2.45, 2.75) is 6.42 Å². The van der Waals surface area contributed by atoms with E-state index in [0.717, 1.165) is 0 Å². The highest BCUT2D eigenvalue weighted by atomic mass is 16.4. The van der Waals surface area contributed by atoms with E-state index >= 15 is 0 Å². The second kappa shape index (κ2) is 3.13. The molecule has 0 aliphatic carbocycles. The molecule has 1 aliphatic rings. The van der Waals surface area contributed by atoms with Crippen molar-refractivity contribution in [1.82, 2.24) is 10.2 Å². The normalized spacial score (nSPS) is 21.6. The highest BCUT2D eigenvalue weighted by molar-refractivity contribution is 5.98. The second-order valence-electron chi connectivity index (χ2n) is 3.19. The fourth-order valence-electron chi connectivity index (χ4n) is 1.50. The number of aromatic amines is 1. The summed E-state index contributed by atoms with van der Waals surface area (Å²) < 4.78 is 0. The van der Waals surface area contributed by atoms with Gasteiger partial charge in [0, 0.05) is 19.0 Å². The molecule has 1 aliphatic heterocycles. The number of H-pyrrole nitrogens is 1. The predicted molar refractivity (Wildman–Crippen MR) is 46.7 cm³/mol. The highest BCUT2D eigenvalue weighted by Gasteiger charge is 2.35. The average molecular weight is 195 g/mol. The molecule has 6 nitrogen and oxygen atoms in total. The van der Waals surface area contributed by atoms with E-state index in [9.17, 15) is 9.59 Å². The van der Waals surface area contributed by atoms with Gasteiger partial charge in [-0.3, -0.25) is 19.6 Å². The minimum Gasteiger partial charge on any atom is -0.481 e. The number of hydrogen-bond acceptors (Lipinski definition) is 3. The van der Waals surface area contributed by atoms with Gasteiger partial charge in [0.2, 0.25) is 5.91 Å². The van der Waals surface area contributed by atoms with E-state index in [1.165, 1.54) is 11.1 Å². The zero-order valence-corrected chi connectivity index (χ0v) is 7.30. The lowest BCUT2D eigenvalue weighted by Crippen LogP contribution is -2.26. The van der Waals surface area contributed by atoms with Crippen molar-refractivity contribution < 1.29 is 14.7 Å². The van der Waals surface area contributed by atoms with Crippen LogP contribution in [-0.2, 0) is 9.59 Å². The quantitative estimate of drug-likeness (QED) is 0.686. The molecule has 0 aromatic carbocycles. The van der Waals surface area contributed by atoms with Gasteiger partial charge in [0.05, 0.1) is 12.1 Å². The molecule has 0 bridgehead atoms. The Morgan fingerprint density at radius 2 is 2.50 bits per heavy atom. The first kappa shape index (κ1) is 8.74.